The van der Waals surface area contributed by atoms with Crippen LogP contribution in [0.25, 0.3) is 10.9 Å². The quantitative estimate of drug-likeness (QED) is 0.753. The molecule has 0 aliphatic rings. The molecule has 5 nitrogen and oxygen atoms in total. The third-order valence-electron chi connectivity index (χ3n) is 3.66. The molecule has 0 aliphatic heterocycles. The van der Waals surface area contributed by atoms with Crippen molar-refractivity contribution in [2.75, 3.05) is 5.73 Å². The fourth-order valence-corrected chi connectivity index (χ4v) is 2.85. The largest absolute Gasteiger partial charge is 0.399 e. The van der Waals surface area contributed by atoms with Crippen molar-refractivity contribution in [1.29, 1.82) is 0 Å². The molecule has 0 saturated heterocycles. The van der Waals surface area contributed by atoms with Crippen LogP contribution >= 0.6 is 11.6 Å². The number of nitrogen functional groups attached to an aromatic ring is 1. The van der Waals surface area contributed by atoms with E-state index in [1.54, 1.807) is 0 Å². The first-order chi connectivity index (χ1) is 10.1. The Balaban J connectivity index is 2.06. The number of aryl methyl sites for hydroxylation is 2. The molecule has 110 valence electrons. The Labute approximate surface area is 128 Å². The van der Waals surface area contributed by atoms with Crippen LogP contribution in [0.4, 0.5) is 5.69 Å². The number of fused-ring (bicyclic) bond motifs is 1. The van der Waals surface area contributed by atoms with Gasteiger partial charge in [0.25, 0.3) is 0 Å². The van der Waals surface area contributed by atoms with Gasteiger partial charge in [-0.25, -0.2) is 0 Å². The van der Waals surface area contributed by atoms with Gasteiger partial charge in [0.05, 0.1) is 34.7 Å². The van der Waals surface area contributed by atoms with Crippen LogP contribution in [0, 0.1) is 0 Å². The van der Waals surface area contributed by atoms with Gasteiger partial charge < -0.3 is 5.73 Å². The highest BCUT2D eigenvalue weighted by molar-refractivity contribution is 6.31. The molecule has 2 heterocycles. The predicted molar refractivity (Wildman–Crippen MR) is 85.5 cm³/mol. The lowest BCUT2D eigenvalue weighted by Crippen LogP contribution is -2.09. The van der Waals surface area contributed by atoms with E-state index in [9.17, 15) is 0 Å². The van der Waals surface area contributed by atoms with E-state index in [-0.39, 0.29) is 0 Å². The summed E-state index contributed by atoms with van der Waals surface area (Å²) in [4.78, 5) is 0. The molecular formula is C15H18ClN5. The Bertz CT molecular complexity index is 787. The van der Waals surface area contributed by atoms with Crippen molar-refractivity contribution < 1.29 is 0 Å². The van der Waals surface area contributed by atoms with Gasteiger partial charge >= 0.3 is 0 Å². The van der Waals surface area contributed by atoms with Crippen molar-refractivity contribution in [2.45, 2.75) is 33.4 Å². The van der Waals surface area contributed by atoms with Gasteiger partial charge in [-0.15, -0.1) is 0 Å². The van der Waals surface area contributed by atoms with E-state index in [1.165, 1.54) is 0 Å². The van der Waals surface area contributed by atoms with Gasteiger partial charge in [0.15, 0.2) is 0 Å². The summed E-state index contributed by atoms with van der Waals surface area (Å²) in [7, 11) is 0. The fourth-order valence-electron chi connectivity index (χ4n) is 2.52. The Kier molecular flexibility index (Phi) is 3.59. The van der Waals surface area contributed by atoms with Gasteiger partial charge in [-0.05, 0) is 31.5 Å². The molecule has 0 unspecified atom stereocenters. The number of nitrogens with two attached hydrogens (primary N) is 1. The number of anilines is 1. The zero-order valence-corrected chi connectivity index (χ0v) is 12.9. The van der Waals surface area contributed by atoms with E-state index in [0.29, 0.717) is 6.54 Å². The Morgan fingerprint density at radius 3 is 2.76 bits per heavy atom. The van der Waals surface area contributed by atoms with Crippen LogP contribution in [0.5, 0.6) is 0 Å². The third kappa shape index (κ3) is 2.38. The van der Waals surface area contributed by atoms with Crippen LogP contribution in [-0.2, 0) is 19.5 Å². The molecule has 1 aromatic carbocycles. The highest BCUT2D eigenvalue weighted by Gasteiger charge is 2.16. The van der Waals surface area contributed by atoms with Crippen molar-refractivity contribution in [3.63, 3.8) is 0 Å². The van der Waals surface area contributed by atoms with Crippen molar-refractivity contribution in [3.8, 4) is 0 Å². The fraction of sp³-hybridized carbons (Fsp3) is 0.333. The molecule has 0 spiro atoms. The normalized spacial score (nSPS) is 11.4. The first-order valence-electron chi connectivity index (χ1n) is 7.09. The van der Waals surface area contributed by atoms with Gasteiger partial charge in [-0.1, -0.05) is 18.5 Å². The highest BCUT2D eigenvalue weighted by Crippen LogP contribution is 2.24. The lowest BCUT2D eigenvalue weighted by molar-refractivity contribution is 0.581. The maximum atomic E-state index is 6.46. The smallest absolute Gasteiger partial charge is 0.0869 e. The van der Waals surface area contributed by atoms with Gasteiger partial charge in [-0.2, -0.15) is 10.2 Å². The second-order valence-corrected chi connectivity index (χ2v) is 5.38. The second-order valence-electron chi connectivity index (χ2n) is 5.00. The number of hydrogen-bond donors (Lipinski definition) is 1. The summed E-state index contributed by atoms with van der Waals surface area (Å²) in [5.74, 6) is 0. The summed E-state index contributed by atoms with van der Waals surface area (Å²) in [6, 6.07) is 5.79. The van der Waals surface area contributed by atoms with Crippen molar-refractivity contribution in [3.05, 3.63) is 40.8 Å². The van der Waals surface area contributed by atoms with E-state index in [0.717, 1.165) is 46.0 Å². The average molecular weight is 304 g/mol. The molecule has 0 amide bonds. The first-order valence-corrected chi connectivity index (χ1v) is 7.47. The van der Waals surface area contributed by atoms with E-state index in [1.807, 2.05) is 33.8 Å². The Hall–Kier alpha value is -2.01. The standard InChI is InChI=1S/C15H18ClN5/c1-3-12-15(16)14(20(4-2)19-12)9-21-13-7-11(17)6-5-10(13)8-18-21/h5-8H,3-4,9,17H2,1-2H3. The SMILES string of the molecule is CCc1nn(CC)c(Cn2ncc3ccc(N)cc32)c1Cl. The average Bonchev–Trinajstić information content (AvgIpc) is 3.01. The molecule has 3 rings (SSSR count). The summed E-state index contributed by atoms with van der Waals surface area (Å²) in [6.45, 7) is 5.50. The molecule has 0 radical (unpaired) electrons. The summed E-state index contributed by atoms with van der Waals surface area (Å²) in [5.41, 5.74) is 9.53. The molecule has 0 fully saturated rings. The van der Waals surface area contributed by atoms with E-state index >= 15 is 0 Å². The van der Waals surface area contributed by atoms with Gasteiger partial charge in [-0.3, -0.25) is 9.36 Å². The molecule has 0 bridgehead atoms. The summed E-state index contributed by atoms with van der Waals surface area (Å²) < 4.78 is 3.86. The predicted octanol–water partition coefficient (Wildman–Crippen LogP) is 3.10. The van der Waals surface area contributed by atoms with Crippen LogP contribution in [0.2, 0.25) is 5.02 Å². The molecule has 21 heavy (non-hydrogen) atoms. The van der Waals surface area contributed by atoms with Gasteiger partial charge in [0.2, 0.25) is 0 Å². The molecule has 0 aliphatic carbocycles. The van der Waals surface area contributed by atoms with E-state index in [2.05, 4.69) is 24.0 Å². The number of halogens is 1. The minimum Gasteiger partial charge on any atom is -0.399 e. The van der Waals surface area contributed by atoms with Gasteiger partial charge in [0.1, 0.15) is 0 Å². The number of aromatic nitrogens is 4. The number of rotatable bonds is 4. The molecule has 6 heteroatoms. The molecule has 3 aromatic rings. The zero-order valence-electron chi connectivity index (χ0n) is 12.2. The Morgan fingerprint density at radius 1 is 1.24 bits per heavy atom. The van der Waals surface area contributed by atoms with Crippen molar-refractivity contribution in [2.24, 2.45) is 0 Å². The second kappa shape index (κ2) is 5.41. The maximum Gasteiger partial charge on any atom is 0.0869 e. The maximum absolute atomic E-state index is 6.46. The third-order valence-corrected chi connectivity index (χ3v) is 4.10. The van der Waals surface area contributed by atoms with Crippen LogP contribution in [0.1, 0.15) is 25.2 Å². The Morgan fingerprint density at radius 2 is 2.05 bits per heavy atom. The van der Waals surface area contributed by atoms with Crippen LogP contribution in [0.15, 0.2) is 24.4 Å². The molecule has 0 saturated carbocycles. The topological polar surface area (TPSA) is 61.7 Å². The summed E-state index contributed by atoms with van der Waals surface area (Å²) >= 11 is 6.46. The summed E-state index contributed by atoms with van der Waals surface area (Å²) in [6.07, 6.45) is 2.67. The zero-order chi connectivity index (χ0) is 15.0. The summed E-state index contributed by atoms with van der Waals surface area (Å²) in [5, 5.41) is 10.8. The van der Waals surface area contributed by atoms with Gasteiger partial charge in [0, 0.05) is 17.6 Å². The number of hydrogen-bond acceptors (Lipinski definition) is 3. The van der Waals surface area contributed by atoms with Crippen LogP contribution in [0.3, 0.4) is 0 Å². The monoisotopic (exact) mass is 303 g/mol. The van der Waals surface area contributed by atoms with Crippen LogP contribution in [-0.4, -0.2) is 19.6 Å². The first kappa shape index (κ1) is 13.9. The van der Waals surface area contributed by atoms with E-state index in [4.69, 9.17) is 17.3 Å². The van der Waals surface area contributed by atoms with E-state index < -0.39 is 0 Å². The molecule has 0 atom stereocenters. The van der Waals surface area contributed by atoms with Crippen LogP contribution < -0.4 is 5.73 Å². The number of nitrogens with zero attached hydrogens (tertiary/aromatic N) is 4. The lowest BCUT2D eigenvalue weighted by Gasteiger charge is -2.07. The molecular weight excluding hydrogens is 286 g/mol. The van der Waals surface area contributed by atoms with Crippen molar-refractivity contribution >= 4 is 28.2 Å². The minimum atomic E-state index is 0.590. The molecule has 2 aromatic heterocycles. The minimum absolute atomic E-state index is 0.590. The lowest BCUT2D eigenvalue weighted by atomic mass is 10.2. The number of benzene rings is 1. The van der Waals surface area contributed by atoms with Crippen molar-refractivity contribution in [1.82, 2.24) is 19.6 Å². The highest BCUT2D eigenvalue weighted by atomic mass is 35.5. The molecule has 2 N–H and O–H groups in total.